The summed E-state index contributed by atoms with van der Waals surface area (Å²) in [4.78, 5) is 25.4. The second-order valence-corrected chi connectivity index (χ2v) is 10.5. The highest BCUT2D eigenvalue weighted by Gasteiger charge is 2.34. The number of carbonyl (C=O) groups excluding carboxylic acids is 2. The minimum atomic E-state index is -3.63. The molecule has 0 bridgehead atoms. The van der Waals surface area contributed by atoms with Crippen LogP contribution in [0.4, 0.5) is 5.69 Å². The molecule has 2 aromatic carbocycles. The maximum absolute atomic E-state index is 13.0. The van der Waals surface area contributed by atoms with Gasteiger partial charge in [-0.05, 0) is 69.0 Å². The molecule has 0 saturated carbocycles. The molecule has 1 atom stereocenters. The molecular weight excluding hydrogens is 460 g/mol. The fourth-order valence-electron chi connectivity index (χ4n) is 3.90. The lowest BCUT2D eigenvalue weighted by Crippen LogP contribution is -2.41. The van der Waals surface area contributed by atoms with Crippen molar-refractivity contribution in [3.63, 3.8) is 0 Å². The quantitative estimate of drug-likeness (QED) is 0.622. The molecule has 9 nitrogen and oxygen atoms in total. The van der Waals surface area contributed by atoms with E-state index in [0.29, 0.717) is 30.0 Å². The number of esters is 1. The van der Waals surface area contributed by atoms with Crippen molar-refractivity contribution in [3.8, 4) is 11.5 Å². The lowest BCUT2D eigenvalue weighted by atomic mass is 9.98. The number of ether oxygens (including phenoxy) is 3. The van der Waals surface area contributed by atoms with E-state index in [1.54, 1.807) is 36.4 Å². The number of hydrogen-bond donors (Lipinski definition) is 1. The molecule has 0 unspecified atom stereocenters. The predicted octanol–water partition coefficient (Wildman–Crippen LogP) is 3.00. The van der Waals surface area contributed by atoms with Crippen LogP contribution in [0.5, 0.6) is 11.5 Å². The molecule has 0 spiro atoms. The van der Waals surface area contributed by atoms with Crippen LogP contribution in [0.3, 0.4) is 0 Å². The van der Waals surface area contributed by atoms with Gasteiger partial charge in [0.2, 0.25) is 16.8 Å². The largest absolute Gasteiger partial charge is 0.454 e. The molecule has 0 aromatic heterocycles. The first-order valence-corrected chi connectivity index (χ1v) is 12.6. The van der Waals surface area contributed by atoms with Gasteiger partial charge in [-0.2, -0.15) is 4.31 Å². The SMILES string of the molecule is Cc1ccc(S(=O)(=O)N2CCC(C(=O)O[C@@H](C)C(=O)Nc3ccc4c(c3)OCO4)CC2)cc1C. The number of nitrogens with zero attached hydrogens (tertiary/aromatic N) is 1. The van der Waals surface area contributed by atoms with Crippen molar-refractivity contribution in [1.29, 1.82) is 0 Å². The van der Waals surface area contributed by atoms with Gasteiger partial charge < -0.3 is 19.5 Å². The minimum absolute atomic E-state index is 0.130. The standard InChI is InChI=1S/C24H28N2O7S/c1-15-4-6-20(12-16(15)2)34(29,30)26-10-8-18(9-11-26)24(28)33-17(3)23(27)25-19-5-7-21-22(13-19)32-14-31-21/h4-7,12-13,17-18H,8-11,14H2,1-3H3,(H,25,27)/t17-/m0/s1. The fourth-order valence-corrected chi connectivity index (χ4v) is 5.45. The summed E-state index contributed by atoms with van der Waals surface area (Å²) in [5.74, 6) is -0.307. The number of benzene rings is 2. The van der Waals surface area contributed by atoms with Gasteiger partial charge in [0.1, 0.15) is 0 Å². The highest BCUT2D eigenvalue weighted by molar-refractivity contribution is 7.89. The van der Waals surface area contributed by atoms with E-state index in [4.69, 9.17) is 14.2 Å². The Morgan fingerprint density at radius 1 is 1.03 bits per heavy atom. The molecule has 4 rings (SSSR count). The normalized spacial score (nSPS) is 17.3. The van der Waals surface area contributed by atoms with Crippen LogP contribution in [0.25, 0.3) is 0 Å². The smallest absolute Gasteiger partial charge is 0.309 e. The number of sulfonamides is 1. The topological polar surface area (TPSA) is 111 Å². The van der Waals surface area contributed by atoms with E-state index in [0.717, 1.165) is 11.1 Å². The van der Waals surface area contributed by atoms with E-state index in [-0.39, 0.29) is 24.8 Å². The summed E-state index contributed by atoms with van der Waals surface area (Å²) < 4.78 is 43.3. The summed E-state index contributed by atoms with van der Waals surface area (Å²) >= 11 is 0. The minimum Gasteiger partial charge on any atom is -0.454 e. The van der Waals surface area contributed by atoms with E-state index >= 15 is 0 Å². The number of carbonyl (C=O) groups is 2. The third kappa shape index (κ3) is 5.02. The van der Waals surface area contributed by atoms with Crippen LogP contribution in [0.15, 0.2) is 41.3 Å². The highest BCUT2D eigenvalue weighted by atomic mass is 32.2. The van der Waals surface area contributed by atoms with Crippen LogP contribution in [-0.4, -0.2) is 50.6 Å². The molecule has 34 heavy (non-hydrogen) atoms. The number of anilines is 1. The molecule has 0 aliphatic carbocycles. The first kappa shape index (κ1) is 24.0. The summed E-state index contributed by atoms with van der Waals surface area (Å²) in [6.07, 6.45) is -0.339. The first-order valence-electron chi connectivity index (χ1n) is 11.1. The van der Waals surface area contributed by atoms with Gasteiger partial charge >= 0.3 is 5.97 Å². The van der Waals surface area contributed by atoms with Crippen LogP contribution in [0.2, 0.25) is 0 Å². The van der Waals surface area contributed by atoms with Gasteiger partial charge in [0.25, 0.3) is 5.91 Å². The lowest BCUT2D eigenvalue weighted by molar-refractivity contribution is -0.158. The Balaban J connectivity index is 1.29. The second-order valence-electron chi connectivity index (χ2n) is 8.56. The molecule has 1 saturated heterocycles. The number of fused-ring (bicyclic) bond motifs is 1. The van der Waals surface area contributed by atoms with Gasteiger partial charge in [-0.1, -0.05) is 6.07 Å². The van der Waals surface area contributed by atoms with Crippen LogP contribution < -0.4 is 14.8 Å². The molecule has 182 valence electrons. The predicted molar refractivity (Wildman–Crippen MR) is 124 cm³/mol. The summed E-state index contributed by atoms with van der Waals surface area (Å²) in [5.41, 5.74) is 2.44. The van der Waals surface area contributed by atoms with Crippen LogP contribution in [-0.2, 0) is 24.3 Å². The van der Waals surface area contributed by atoms with E-state index in [2.05, 4.69) is 5.32 Å². The van der Waals surface area contributed by atoms with Gasteiger partial charge in [0.05, 0.1) is 10.8 Å². The van der Waals surface area contributed by atoms with Gasteiger partial charge in [-0.15, -0.1) is 0 Å². The van der Waals surface area contributed by atoms with Gasteiger partial charge in [-0.3, -0.25) is 9.59 Å². The average Bonchev–Trinajstić information content (AvgIpc) is 3.28. The molecule has 2 aliphatic heterocycles. The summed E-state index contributed by atoms with van der Waals surface area (Å²) in [6, 6.07) is 10.1. The molecule has 1 fully saturated rings. The van der Waals surface area contributed by atoms with Crippen LogP contribution >= 0.6 is 0 Å². The highest BCUT2D eigenvalue weighted by Crippen LogP contribution is 2.34. The van der Waals surface area contributed by atoms with Gasteiger partial charge in [0.15, 0.2) is 17.6 Å². The monoisotopic (exact) mass is 488 g/mol. The maximum Gasteiger partial charge on any atom is 0.309 e. The van der Waals surface area contributed by atoms with Crippen molar-refractivity contribution in [1.82, 2.24) is 4.31 Å². The molecule has 2 heterocycles. The van der Waals surface area contributed by atoms with Crippen LogP contribution in [0, 0.1) is 19.8 Å². The van der Waals surface area contributed by atoms with Gasteiger partial charge in [-0.25, -0.2) is 8.42 Å². The van der Waals surface area contributed by atoms with E-state index < -0.39 is 33.9 Å². The summed E-state index contributed by atoms with van der Waals surface area (Å²) in [5, 5.41) is 2.69. The Hall–Kier alpha value is -3.11. The van der Waals surface area contributed by atoms with Crippen molar-refractivity contribution in [2.75, 3.05) is 25.2 Å². The van der Waals surface area contributed by atoms with E-state index in [1.807, 2.05) is 13.8 Å². The van der Waals surface area contributed by atoms with E-state index in [9.17, 15) is 18.0 Å². The van der Waals surface area contributed by atoms with Crippen molar-refractivity contribution >= 4 is 27.6 Å². The van der Waals surface area contributed by atoms with Crippen molar-refractivity contribution in [2.45, 2.75) is 44.6 Å². The van der Waals surface area contributed by atoms with Crippen molar-refractivity contribution in [2.24, 2.45) is 5.92 Å². The third-order valence-electron chi connectivity index (χ3n) is 6.21. The number of piperidine rings is 1. The third-order valence-corrected chi connectivity index (χ3v) is 8.10. The Morgan fingerprint density at radius 2 is 1.74 bits per heavy atom. The van der Waals surface area contributed by atoms with Gasteiger partial charge in [0, 0.05) is 24.8 Å². The first-order chi connectivity index (χ1) is 16.1. The van der Waals surface area contributed by atoms with Crippen molar-refractivity contribution < 1.29 is 32.2 Å². The Morgan fingerprint density at radius 3 is 2.44 bits per heavy atom. The van der Waals surface area contributed by atoms with Crippen molar-refractivity contribution in [3.05, 3.63) is 47.5 Å². The summed E-state index contributed by atoms with van der Waals surface area (Å²) in [7, 11) is -3.63. The zero-order valence-electron chi connectivity index (χ0n) is 19.4. The zero-order valence-corrected chi connectivity index (χ0v) is 20.2. The lowest BCUT2D eigenvalue weighted by Gasteiger charge is -2.30. The van der Waals surface area contributed by atoms with Crippen LogP contribution in [0.1, 0.15) is 30.9 Å². The van der Waals surface area contributed by atoms with E-state index in [1.165, 1.54) is 11.2 Å². The molecule has 1 N–H and O–H groups in total. The zero-order chi connectivity index (χ0) is 24.5. The fraction of sp³-hybridized carbons (Fsp3) is 0.417. The summed E-state index contributed by atoms with van der Waals surface area (Å²) in [6.45, 7) is 5.87. The molecule has 2 aliphatic rings. The number of nitrogens with one attached hydrogen (secondary N) is 1. The number of amides is 1. The number of hydrogen-bond acceptors (Lipinski definition) is 7. The number of rotatable bonds is 6. The average molecular weight is 489 g/mol. The number of aryl methyl sites for hydroxylation is 2. The second kappa shape index (κ2) is 9.63. The Kier molecular flexibility index (Phi) is 6.81. The molecular formula is C24H28N2O7S. The Labute approximate surface area is 199 Å². The Bertz CT molecular complexity index is 1200. The molecule has 2 aromatic rings. The maximum atomic E-state index is 13.0. The molecule has 1 amide bonds. The molecule has 10 heteroatoms. The molecule has 0 radical (unpaired) electrons.